The number of carbonyl (C=O) groups excluding carboxylic acids is 1. The summed E-state index contributed by atoms with van der Waals surface area (Å²) < 4.78 is 5.37. The zero-order valence-electron chi connectivity index (χ0n) is 14.6. The number of nitro groups is 1. The predicted octanol–water partition coefficient (Wildman–Crippen LogP) is 3.05. The second-order valence-electron chi connectivity index (χ2n) is 6.27. The van der Waals surface area contributed by atoms with Gasteiger partial charge in [-0.1, -0.05) is 41.9 Å². The van der Waals surface area contributed by atoms with Crippen LogP contribution < -0.4 is 5.32 Å². The summed E-state index contributed by atoms with van der Waals surface area (Å²) in [6.07, 6.45) is 0. The lowest BCUT2D eigenvalue weighted by Gasteiger charge is -2.31. The monoisotopic (exact) mass is 389 g/mol. The highest BCUT2D eigenvalue weighted by atomic mass is 35.5. The summed E-state index contributed by atoms with van der Waals surface area (Å²) in [6, 6.07) is 13.3. The standard InChI is InChI=1S/C19H20ClN3O4/c20-15-6-7-16(18(12-15)23(25)26)19(24)21-17(14-4-2-1-3-5-14)13-22-8-10-27-11-9-22/h1-7,12,17H,8-11,13H2,(H,21,24). The largest absolute Gasteiger partial charge is 0.379 e. The van der Waals surface area contributed by atoms with Crippen molar-refractivity contribution in [3.63, 3.8) is 0 Å². The van der Waals surface area contributed by atoms with Crippen LogP contribution in [0.2, 0.25) is 5.02 Å². The summed E-state index contributed by atoms with van der Waals surface area (Å²) in [5, 5.41) is 14.5. The molecule has 1 unspecified atom stereocenters. The molecule has 27 heavy (non-hydrogen) atoms. The van der Waals surface area contributed by atoms with Crippen LogP contribution in [-0.4, -0.2) is 48.6 Å². The van der Waals surface area contributed by atoms with Crippen LogP contribution in [0.1, 0.15) is 22.0 Å². The lowest BCUT2D eigenvalue weighted by Crippen LogP contribution is -2.43. The smallest absolute Gasteiger partial charge is 0.283 e. The Balaban J connectivity index is 1.83. The molecule has 2 aromatic rings. The van der Waals surface area contributed by atoms with Crippen molar-refractivity contribution in [3.8, 4) is 0 Å². The van der Waals surface area contributed by atoms with Crippen LogP contribution in [0.15, 0.2) is 48.5 Å². The molecule has 2 aromatic carbocycles. The molecular weight excluding hydrogens is 370 g/mol. The molecule has 1 N–H and O–H groups in total. The van der Waals surface area contributed by atoms with Gasteiger partial charge in [-0.2, -0.15) is 0 Å². The van der Waals surface area contributed by atoms with Crippen molar-refractivity contribution in [2.45, 2.75) is 6.04 Å². The molecule has 1 fully saturated rings. The molecule has 1 aliphatic rings. The van der Waals surface area contributed by atoms with E-state index in [1.807, 2.05) is 30.3 Å². The van der Waals surface area contributed by atoms with E-state index in [2.05, 4.69) is 10.2 Å². The van der Waals surface area contributed by atoms with Gasteiger partial charge in [0.1, 0.15) is 5.56 Å². The number of benzene rings is 2. The van der Waals surface area contributed by atoms with Crippen molar-refractivity contribution >= 4 is 23.2 Å². The van der Waals surface area contributed by atoms with Gasteiger partial charge in [-0.3, -0.25) is 19.8 Å². The van der Waals surface area contributed by atoms with Gasteiger partial charge in [0.05, 0.1) is 24.2 Å². The first kappa shape index (κ1) is 19.3. The lowest BCUT2D eigenvalue weighted by molar-refractivity contribution is -0.385. The highest BCUT2D eigenvalue weighted by Gasteiger charge is 2.25. The number of ether oxygens (including phenoxy) is 1. The van der Waals surface area contributed by atoms with Crippen LogP contribution >= 0.6 is 11.6 Å². The van der Waals surface area contributed by atoms with E-state index < -0.39 is 10.8 Å². The Labute approximate surface area is 162 Å². The maximum absolute atomic E-state index is 12.8. The third-order valence-electron chi connectivity index (χ3n) is 4.45. The molecule has 0 aliphatic carbocycles. The normalized spacial score (nSPS) is 15.9. The molecule has 7 nitrogen and oxygen atoms in total. The minimum absolute atomic E-state index is 0.00712. The number of amides is 1. The van der Waals surface area contributed by atoms with Crippen molar-refractivity contribution in [2.75, 3.05) is 32.8 Å². The third kappa shape index (κ3) is 5.03. The van der Waals surface area contributed by atoms with Crippen LogP contribution in [0.5, 0.6) is 0 Å². The van der Waals surface area contributed by atoms with Crippen molar-refractivity contribution in [1.29, 1.82) is 0 Å². The number of carbonyl (C=O) groups is 1. The van der Waals surface area contributed by atoms with Gasteiger partial charge in [-0.25, -0.2) is 0 Å². The molecule has 0 bridgehead atoms. The summed E-state index contributed by atoms with van der Waals surface area (Å²) in [4.78, 5) is 25.7. The fourth-order valence-electron chi connectivity index (χ4n) is 3.05. The van der Waals surface area contributed by atoms with E-state index in [-0.39, 0.29) is 22.3 Å². The molecule has 0 aromatic heterocycles. The van der Waals surface area contributed by atoms with E-state index in [0.717, 1.165) is 18.7 Å². The van der Waals surface area contributed by atoms with Gasteiger partial charge in [0.2, 0.25) is 0 Å². The topological polar surface area (TPSA) is 84.7 Å². The Morgan fingerprint density at radius 1 is 1.22 bits per heavy atom. The van der Waals surface area contributed by atoms with E-state index in [1.54, 1.807) is 0 Å². The molecule has 1 heterocycles. The van der Waals surface area contributed by atoms with Gasteiger partial charge in [0, 0.05) is 30.7 Å². The summed E-state index contributed by atoms with van der Waals surface area (Å²) in [5.41, 5.74) is 0.624. The molecule has 0 radical (unpaired) electrons. The molecule has 1 aliphatic heterocycles. The zero-order chi connectivity index (χ0) is 19.2. The van der Waals surface area contributed by atoms with Crippen LogP contribution in [0.3, 0.4) is 0 Å². The molecule has 142 valence electrons. The van der Waals surface area contributed by atoms with E-state index in [0.29, 0.717) is 19.8 Å². The quantitative estimate of drug-likeness (QED) is 0.606. The molecule has 1 saturated heterocycles. The van der Waals surface area contributed by atoms with Gasteiger partial charge in [-0.15, -0.1) is 0 Å². The summed E-state index contributed by atoms with van der Waals surface area (Å²) in [5.74, 6) is -0.500. The fourth-order valence-corrected chi connectivity index (χ4v) is 3.21. The summed E-state index contributed by atoms with van der Waals surface area (Å²) in [7, 11) is 0. The maximum Gasteiger partial charge on any atom is 0.283 e. The number of morpholine rings is 1. The first-order valence-corrected chi connectivity index (χ1v) is 9.02. The van der Waals surface area contributed by atoms with Crippen LogP contribution in [0.25, 0.3) is 0 Å². The number of hydrogen-bond donors (Lipinski definition) is 1. The molecule has 1 amide bonds. The Bertz CT molecular complexity index is 810. The van der Waals surface area contributed by atoms with E-state index in [9.17, 15) is 14.9 Å². The zero-order valence-corrected chi connectivity index (χ0v) is 15.4. The number of halogens is 1. The van der Waals surface area contributed by atoms with E-state index in [4.69, 9.17) is 16.3 Å². The SMILES string of the molecule is O=C(NC(CN1CCOCC1)c1ccccc1)c1ccc(Cl)cc1[N+](=O)[O-]. The van der Waals surface area contributed by atoms with Gasteiger partial charge < -0.3 is 10.1 Å². The van der Waals surface area contributed by atoms with E-state index in [1.165, 1.54) is 18.2 Å². The van der Waals surface area contributed by atoms with Crippen LogP contribution in [0, 0.1) is 10.1 Å². The number of nitrogens with one attached hydrogen (secondary N) is 1. The lowest BCUT2D eigenvalue weighted by atomic mass is 10.0. The van der Waals surface area contributed by atoms with E-state index >= 15 is 0 Å². The van der Waals surface area contributed by atoms with Crippen molar-refractivity contribution in [2.24, 2.45) is 0 Å². The molecule has 1 atom stereocenters. The third-order valence-corrected chi connectivity index (χ3v) is 4.69. The average molecular weight is 390 g/mol. The van der Waals surface area contributed by atoms with Gasteiger partial charge in [0.25, 0.3) is 11.6 Å². The first-order chi connectivity index (χ1) is 13.0. The second kappa shape index (κ2) is 8.94. The number of nitrogens with zero attached hydrogens (tertiary/aromatic N) is 2. The maximum atomic E-state index is 12.8. The van der Waals surface area contributed by atoms with Gasteiger partial charge in [-0.05, 0) is 17.7 Å². The highest BCUT2D eigenvalue weighted by molar-refractivity contribution is 6.31. The Hall–Kier alpha value is -2.48. The molecular formula is C19H20ClN3O4. The van der Waals surface area contributed by atoms with Crippen LogP contribution in [-0.2, 0) is 4.74 Å². The minimum Gasteiger partial charge on any atom is -0.379 e. The van der Waals surface area contributed by atoms with Crippen molar-refractivity contribution in [1.82, 2.24) is 10.2 Å². The second-order valence-corrected chi connectivity index (χ2v) is 6.70. The Morgan fingerprint density at radius 2 is 1.93 bits per heavy atom. The average Bonchev–Trinajstić information content (AvgIpc) is 2.68. The minimum atomic E-state index is -0.597. The summed E-state index contributed by atoms with van der Waals surface area (Å²) >= 11 is 5.84. The Morgan fingerprint density at radius 3 is 2.59 bits per heavy atom. The Kier molecular flexibility index (Phi) is 6.39. The van der Waals surface area contributed by atoms with Gasteiger partial charge >= 0.3 is 0 Å². The molecule has 8 heteroatoms. The molecule has 0 saturated carbocycles. The fraction of sp³-hybridized carbons (Fsp3) is 0.316. The summed E-state index contributed by atoms with van der Waals surface area (Å²) in [6.45, 7) is 3.46. The van der Waals surface area contributed by atoms with Crippen molar-refractivity contribution in [3.05, 3.63) is 74.8 Å². The highest BCUT2D eigenvalue weighted by Crippen LogP contribution is 2.24. The van der Waals surface area contributed by atoms with Crippen molar-refractivity contribution < 1.29 is 14.5 Å². The van der Waals surface area contributed by atoms with Crippen LogP contribution in [0.4, 0.5) is 5.69 Å². The first-order valence-electron chi connectivity index (χ1n) is 8.64. The molecule has 0 spiro atoms. The molecule has 3 rings (SSSR count). The van der Waals surface area contributed by atoms with Gasteiger partial charge in [0.15, 0.2) is 0 Å². The number of hydrogen-bond acceptors (Lipinski definition) is 5. The number of rotatable bonds is 6. The number of nitro benzene ring substituents is 1. The predicted molar refractivity (Wildman–Crippen MR) is 102 cm³/mol.